The number of rotatable bonds is 4. The summed E-state index contributed by atoms with van der Waals surface area (Å²) in [5.41, 5.74) is 4.32. The van der Waals surface area contributed by atoms with Gasteiger partial charge in [-0.15, -0.1) is 11.3 Å². The van der Waals surface area contributed by atoms with Gasteiger partial charge < -0.3 is 5.32 Å². The molecule has 0 radical (unpaired) electrons. The topological polar surface area (TPSA) is 72.7 Å². The van der Waals surface area contributed by atoms with Crippen molar-refractivity contribution in [1.29, 1.82) is 0 Å². The van der Waals surface area contributed by atoms with Crippen LogP contribution >= 0.6 is 11.3 Å². The molecule has 6 nitrogen and oxygen atoms in total. The zero-order valence-electron chi connectivity index (χ0n) is 15.4. The van der Waals surface area contributed by atoms with Crippen molar-refractivity contribution in [2.24, 2.45) is 7.05 Å². The van der Waals surface area contributed by atoms with Crippen molar-refractivity contribution in [3.63, 3.8) is 0 Å². The Bertz CT molecular complexity index is 964. The maximum absolute atomic E-state index is 12.8. The minimum atomic E-state index is -0.0714. The summed E-state index contributed by atoms with van der Waals surface area (Å²) < 4.78 is 1.73. The fourth-order valence-corrected chi connectivity index (χ4v) is 4.80. The molecule has 0 bridgehead atoms. The molecule has 1 aliphatic carbocycles. The van der Waals surface area contributed by atoms with Gasteiger partial charge in [0.15, 0.2) is 5.65 Å². The van der Waals surface area contributed by atoms with Gasteiger partial charge >= 0.3 is 0 Å². The van der Waals surface area contributed by atoms with Gasteiger partial charge in [-0.3, -0.25) is 9.48 Å². The summed E-state index contributed by atoms with van der Waals surface area (Å²) in [5.74, 6) is -0.0714. The third-order valence-electron chi connectivity index (χ3n) is 4.86. The van der Waals surface area contributed by atoms with Crippen molar-refractivity contribution in [3.05, 3.63) is 38.6 Å². The monoisotopic (exact) mass is 369 g/mol. The summed E-state index contributed by atoms with van der Waals surface area (Å²) >= 11 is 1.81. The van der Waals surface area contributed by atoms with E-state index in [9.17, 15) is 4.79 Å². The number of hydrogen-bond acceptors (Lipinski definition) is 5. The first-order chi connectivity index (χ1) is 12.5. The number of fused-ring (bicyclic) bond motifs is 2. The summed E-state index contributed by atoms with van der Waals surface area (Å²) in [6, 6.07) is 1.84. The van der Waals surface area contributed by atoms with Crippen LogP contribution < -0.4 is 5.32 Å². The van der Waals surface area contributed by atoms with Crippen LogP contribution in [-0.2, 0) is 26.3 Å². The Labute approximate surface area is 156 Å². The van der Waals surface area contributed by atoms with Gasteiger partial charge in [-0.2, -0.15) is 5.10 Å². The zero-order chi connectivity index (χ0) is 18.3. The highest BCUT2D eigenvalue weighted by molar-refractivity contribution is 7.11. The van der Waals surface area contributed by atoms with Crippen molar-refractivity contribution in [2.45, 2.75) is 46.0 Å². The SMILES string of the molecule is Cc1cc(C(=O)NCCc2nc3c(s2)CCCC3)c2c(C)nn(C)c2n1. The minimum absolute atomic E-state index is 0.0714. The van der Waals surface area contributed by atoms with Crippen molar-refractivity contribution >= 4 is 28.3 Å². The first-order valence-corrected chi connectivity index (χ1v) is 9.91. The van der Waals surface area contributed by atoms with E-state index < -0.39 is 0 Å². The largest absolute Gasteiger partial charge is 0.352 e. The highest BCUT2D eigenvalue weighted by Crippen LogP contribution is 2.27. The lowest BCUT2D eigenvalue weighted by Gasteiger charge is -2.07. The third kappa shape index (κ3) is 3.11. The molecule has 7 heteroatoms. The Balaban J connectivity index is 1.48. The van der Waals surface area contributed by atoms with Gasteiger partial charge in [0.05, 0.1) is 27.3 Å². The van der Waals surface area contributed by atoms with Crippen LogP contribution in [0.1, 0.15) is 50.2 Å². The quantitative estimate of drug-likeness (QED) is 0.767. The lowest BCUT2D eigenvalue weighted by Crippen LogP contribution is -2.26. The van der Waals surface area contributed by atoms with Crippen LogP contribution in [-0.4, -0.2) is 32.2 Å². The molecular formula is C19H23N5OS. The van der Waals surface area contributed by atoms with E-state index in [4.69, 9.17) is 4.98 Å². The molecule has 0 aliphatic heterocycles. The van der Waals surface area contributed by atoms with Gasteiger partial charge in [0.1, 0.15) is 0 Å². The predicted molar refractivity (Wildman–Crippen MR) is 103 cm³/mol. The number of thiazole rings is 1. The van der Waals surface area contributed by atoms with Crippen molar-refractivity contribution in [1.82, 2.24) is 25.1 Å². The van der Waals surface area contributed by atoms with E-state index in [2.05, 4.69) is 15.4 Å². The van der Waals surface area contributed by atoms with Crippen molar-refractivity contribution in [3.8, 4) is 0 Å². The lowest BCUT2D eigenvalue weighted by atomic mass is 10.0. The molecule has 136 valence electrons. The molecule has 0 atom stereocenters. The third-order valence-corrected chi connectivity index (χ3v) is 6.07. The van der Waals surface area contributed by atoms with Gasteiger partial charge in [-0.05, 0) is 45.6 Å². The summed E-state index contributed by atoms with van der Waals surface area (Å²) in [6.45, 7) is 4.41. The molecule has 0 saturated carbocycles. The van der Waals surface area contributed by atoms with Crippen LogP contribution in [0.15, 0.2) is 6.07 Å². The number of carbonyl (C=O) groups is 1. The van der Waals surface area contributed by atoms with E-state index in [-0.39, 0.29) is 5.91 Å². The lowest BCUT2D eigenvalue weighted by molar-refractivity contribution is 0.0955. The molecule has 0 saturated heterocycles. The molecule has 0 unspecified atom stereocenters. The molecule has 0 spiro atoms. The molecule has 4 rings (SSSR count). The Hall–Kier alpha value is -2.28. The van der Waals surface area contributed by atoms with E-state index in [1.807, 2.05) is 38.3 Å². The molecule has 3 heterocycles. The van der Waals surface area contributed by atoms with E-state index >= 15 is 0 Å². The van der Waals surface area contributed by atoms with Gasteiger partial charge in [0.2, 0.25) is 0 Å². The maximum atomic E-state index is 12.8. The zero-order valence-corrected chi connectivity index (χ0v) is 16.2. The molecule has 3 aromatic rings. The van der Waals surface area contributed by atoms with Crippen LogP contribution in [0.25, 0.3) is 11.0 Å². The van der Waals surface area contributed by atoms with Crippen LogP contribution in [0.3, 0.4) is 0 Å². The summed E-state index contributed by atoms with van der Waals surface area (Å²) in [6.07, 6.45) is 5.56. The molecule has 3 aromatic heterocycles. The molecular weight excluding hydrogens is 346 g/mol. The average Bonchev–Trinajstić information content (AvgIpc) is 3.14. The number of carbonyl (C=O) groups excluding carboxylic acids is 1. The first-order valence-electron chi connectivity index (χ1n) is 9.09. The smallest absolute Gasteiger partial charge is 0.252 e. The first kappa shape index (κ1) is 17.1. The fourth-order valence-electron chi connectivity index (χ4n) is 3.64. The van der Waals surface area contributed by atoms with Crippen molar-refractivity contribution < 1.29 is 4.79 Å². The second kappa shape index (κ2) is 6.79. The predicted octanol–water partition coefficient (Wildman–Crippen LogP) is 2.89. The number of hydrogen-bond donors (Lipinski definition) is 1. The van der Waals surface area contributed by atoms with Gasteiger partial charge in [0.25, 0.3) is 5.91 Å². The minimum Gasteiger partial charge on any atom is -0.352 e. The van der Waals surface area contributed by atoms with Crippen LogP contribution in [0.5, 0.6) is 0 Å². The number of amides is 1. The summed E-state index contributed by atoms with van der Waals surface area (Å²) in [7, 11) is 1.85. The molecule has 26 heavy (non-hydrogen) atoms. The average molecular weight is 369 g/mol. The maximum Gasteiger partial charge on any atom is 0.252 e. The molecule has 0 fully saturated rings. The Kier molecular flexibility index (Phi) is 4.48. The molecule has 1 aliphatic rings. The fraction of sp³-hybridized carbons (Fsp3) is 0.474. The number of aryl methyl sites for hydroxylation is 5. The summed E-state index contributed by atoms with van der Waals surface area (Å²) in [4.78, 5) is 23.5. The van der Waals surface area contributed by atoms with Gasteiger partial charge in [-0.1, -0.05) is 0 Å². The number of pyridine rings is 1. The highest BCUT2D eigenvalue weighted by atomic mass is 32.1. The Morgan fingerprint density at radius 1 is 1.27 bits per heavy atom. The molecule has 0 aromatic carbocycles. The van der Waals surface area contributed by atoms with Crippen LogP contribution in [0.4, 0.5) is 0 Å². The van der Waals surface area contributed by atoms with Crippen LogP contribution in [0, 0.1) is 13.8 Å². The highest BCUT2D eigenvalue weighted by Gasteiger charge is 2.18. The molecule has 1 N–H and O–H groups in total. The van der Waals surface area contributed by atoms with E-state index in [0.717, 1.165) is 46.7 Å². The Morgan fingerprint density at radius 2 is 2.08 bits per heavy atom. The van der Waals surface area contributed by atoms with E-state index in [1.54, 1.807) is 4.68 Å². The van der Waals surface area contributed by atoms with Gasteiger partial charge in [0, 0.05) is 30.6 Å². The van der Waals surface area contributed by atoms with E-state index in [1.165, 1.54) is 23.4 Å². The second-order valence-corrected chi connectivity index (χ2v) is 8.08. The van der Waals surface area contributed by atoms with Gasteiger partial charge in [-0.25, -0.2) is 9.97 Å². The molecule has 1 amide bonds. The number of nitrogens with one attached hydrogen (secondary N) is 1. The second-order valence-electron chi connectivity index (χ2n) is 6.91. The van der Waals surface area contributed by atoms with E-state index in [0.29, 0.717) is 12.1 Å². The van der Waals surface area contributed by atoms with Crippen LogP contribution in [0.2, 0.25) is 0 Å². The standard InChI is InChI=1S/C19H23N5OS/c1-11-10-13(17-12(2)23-24(3)18(17)21-11)19(25)20-9-8-16-22-14-6-4-5-7-15(14)26-16/h10H,4-9H2,1-3H3,(H,20,25). The Morgan fingerprint density at radius 3 is 2.88 bits per heavy atom. The normalized spacial score (nSPS) is 13.8. The number of aromatic nitrogens is 4. The number of nitrogens with zero attached hydrogens (tertiary/aromatic N) is 4. The summed E-state index contributed by atoms with van der Waals surface area (Å²) in [5, 5.41) is 9.42. The van der Waals surface area contributed by atoms with Crippen molar-refractivity contribution in [2.75, 3.05) is 6.54 Å².